The van der Waals surface area contributed by atoms with Gasteiger partial charge in [-0.05, 0) is 36.0 Å². The number of rotatable bonds is 2. The van der Waals surface area contributed by atoms with Crippen molar-refractivity contribution in [1.82, 2.24) is 9.97 Å². The van der Waals surface area contributed by atoms with E-state index in [2.05, 4.69) is 9.97 Å². The summed E-state index contributed by atoms with van der Waals surface area (Å²) in [4.78, 5) is 9.09. The Balaban J connectivity index is 2.24. The van der Waals surface area contributed by atoms with Gasteiger partial charge in [0.05, 0.1) is 10.6 Å². The van der Waals surface area contributed by atoms with Crippen molar-refractivity contribution in [1.29, 1.82) is 5.26 Å². The zero-order chi connectivity index (χ0) is 11.4. The van der Waals surface area contributed by atoms with Gasteiger partial charge >= 0.3 is 0 Å². The number of benzene rings is 1. The number of nitriles is 1. The van der Waals surface area contributed by atoms with Crippen molar-refractivity contribution in [2.24, 2.45) is 0 Å². The summed E-state index contributed by atoms with van der Waals surface area (Å²) < 4.78 is 0. The molecule has 0 saturated carbocycles. The molecule has 0 fully saturated rings. The van der Waals surface area contributed by atoms with E-state index < -0.39 is 0 Å². The van der Waals surface area contributed by atoms with Gasteiger partial charge in [0.2, 0.25) is 0 Å². The van der Waals surface area contributed by atoms with Gasteiger partial charge in [0.1, 0.15) is 6.07 Å². The zero-order valence-corrected chi connectivity index (χ0v) is 9.66. The average molecular weight is 248 g/mol. The molecule has 0 unspecified atom stereocenters. The van der Waals surface area contributed by atoms with Crippen LogP contribution in [0.1, 0.15) is 5.56 Å². The summed E-state index contributed by atoms with van der Waals surface area (Å²) in [5.41, 5.74) is 0.472. The van der Waals surface area contributed by atoms with Crippen molar-refractivity contribution in [2.75, 3.05) is 0 Å². The molecule has 78 valence electrons. The minimum absolute atomic E-state index is 0.448. The Morgan fingerprint density at radius 1 is 1.25 bits per heavy atom. The van der Waals surface area contributed by atoms with Gasteiger partial charge in [-0.3, -0.25) is 0 Å². The van der Waals surface area contributed by atoms with Crippen LogP contribution >= 0.6 is 23.4 Å². The molecule has 0 aliphatic heterocycles. The highest BCUT2D eigenvalue weighted by Crippen LogP contribution is 2.28. The molecular formula is C11H6ClN3S. The molecule has 0 radical (unpaired) electrons. The van der Waals surface area contributed by atoms with E-state index in [0.29, 0.717) is 15.7 Å². The van der Waals surface area contributed by atoms with E-state index in [-0.39, 0.29) is 0 Å². The molecule has 1 aromatic heterocycles. The highest BCUT2D eigenvalue weighted by atomic mass is 35.5. The van der Waals surface area contributed by atoms with Crippen molar-refractivity contribution < 1.29 is 0 Å². The van der Waals surface area contributed by atoms with E-state index in [4.69, 9.17) is 16.9 Å². The molecule has 0 aliphatic carbocycles. The van der Waals surface area contributed by atoms with Crippen LogP contribution in [0.5, 0.6) is 0 Å². The van der Waals surface area contributed by atoms with Crippen molar-refractivity contribution in [3.63, 3.8) is 0 Å². The number of aromatic nitrogens is 2. The maximum Gasteiger partial charge on any atom is 0.192 e. The van der Waals surface area contributed by atoms with E-state index in [1.165, 1.54) is 11.8 Å². The Morgan fingerprint density at radius 2 is 2.00 bits per heavy atom. The Kier molecular flexibility index (Phi) is 3.40. The lowest BCUT2D eigenvalue weighted by atomic mass is 10.2. The van der Waals surface area contributed by atoms with Crippen molar-refractivity contribution >= 4 is 23.4 Å². The number of halogens is 1. The lowest BCUT2D eigenvalue weighted by Crippen LogP contribution is -1.84. The fourth-order valence-electron chi connectivity index (χ4n) is 1.09. The SMILES string of the molecule is N#Cc1ccc(Sc2ncccn2)cc1Cl. The van der Waals surface area contributed by atoms with E-state index >= 15 is 0 Å². The lowest BCUT2D eigenvalue weighted by Gasteiger charge is -2.00. The summed E-state index contributed by atoms with van der Waals surface area (Å²) >= 11 is 7.32. The van der Waals surface area contributed by atoms with Crippen LogP contribution in [0.25, 0.3) is 0 Å². The summed E-state index contributed by atoms with van der Waals surface area (Å²) in [5, 5.41) is 9.84. The normalized spacial score (nSPS) is 9.75. The first-order valence-electron chi connectivity index (χ1n) is 4.44. The Labute approximate surface area is 102 Å². The van der Waals surface area contributed by atoms with Crippen LogP contribution in [0, 0.1) is 11.3 Å². The topological polar surface area (TPSA) is 49.6 Å². The van der Waals surface area contributed by atoms with Gasteiger partial charge in [-0.1, -0.05) is 11.6 Å². The molecule has 1 heterocycles. The van der Waals surface area contributed by atoms with Gasteiger partial charge in [-0.25, -0.2) is 9.97 Å². The van der Waals surface area contributed by atoms with Gasteiger partial charge in [-0.2, -0.15) is 5.26 Å². The minimum Gasteiger partial charge on any atom is -0.231 e. The Hall–Kier alpha value is -1.57. The molecule has 0 saturated heterocycles. The van der Waals surface area contributed by atoms with Crippen LogP contribution in [0.4, 0.5) is 0 Å². The van der Waals surface area contributed by atoms with Crippen LogP contribution in [0.3, 0.4) is 0 Å². The van der Waals surface area contributed by atoms with E-state index in [1.807, 2.05) is 12.1 Å². The molecule has 0 atom stereocenters. The molecule has 0 aliphatic rings. The first-order chi connectivity index (χ1) is 7.79. The van der Waals surface area contributed by atoms with Gasteiger partial charge in [0, 0.05) is 17.3 Å². The monoisotopic (exact) mass is 247 g/mol. The van der Waals surface area contributed by atoms with Crippen LogP contribution in [0.2, 0.25) is 5.02 Å². The van der Waals surface area contributed by atoms with E-state index in [0.717, 1.165) is 4.90 Å². The molecule has 5 heteroatoms. The second-order valence-corrected chi connectivity index (χ2v) is 4.33. The largest absolute Gasteiger partial charge is 0.231 e. The maximum absolute atomic E-state index is 8.73. The van der Waals surface area contributed by atoms with Crippen LogP contribution in [-0.2, 0) is 0 Å². The first-order valence-corrected chi connectivity index (χ1v) is 5.63. The molecule has 0 amide bonds. The smallest absolute Gasteiger partial charge is 0.192 e. The molecule has 1 aromatic carbocycles. The van der Waals surface area contributed by atoms with E-state index in [1.54, 1.807) is 30.6 Å². The van der Waals surface area contributed by atoms with Crippen molar-refractivity contribution in [3.8, 4) is 6.07 Å². The standard InChI is InChI=1S/C11H6ClN3S/c12-10-6-9(3-2-8(10)7-13)16-11-14-4-1-5-15-11/h1-6H. The lowest BCUT2D eigenvalue weighted by molar-refractivity contribution is 0.967. The van der Waals surface area contributed by atoms with E-state index in [9.17, 15) is 0 Å². The first kappa shape index (κ1) is 10.9. The quantitative estimate of drug-likeness (QED) is 0.765. The van der Waals surface area contributed by atoms with Gasteiger partial charge < -0.3 is 0 Å². The van der Waals surface area contributed by atoms with Crippen LogP contribution in [0.15, 0.2) is 46.7 Å². The summed E-state index contributed by atoms with van der Waals surface area (Å²) in [5.74, 6) is 0. The van der Waals surface area contributed by atoms with Crippen LogP contribution in [-0.4, -0.2) is 9.97 Å². The Morgan fingerprint density at radius 3 is 2.62 bits per heavy atom. The third-order valence-electron chi connectivity index (χ3n) is 1.81. The molecule has 2 aromatic rings. The summed E-state index contributed by atoms with van der Waals surface area (Å²) in [6.45, 7) is 0. The molecule has 3 nitrogen and oxygen atoms in total. The fourth-order valence-corrected chi connectivity index (χ4v) is 2.13. The number of hydrogen-bond donors (Lipinski definition) is 0. The molecule has 0 bridgehead atoms. The Bertz CT molecular complexity index is 537. The maximum atomic E-state index is 8.73. The van der Waals surface area contributed by atoms with Gasteiger partial charge in [0.25, 0.3) is 0 Å². The highest BCUT2D eigenvalue weighted by molar-refractivity contribution is 7.99. The number of hydrogen-bond acceptors (Lipinski definition) is 4. The summed E-state index contributed by atoms with van der Waals surface area (Å²) in [6.07, 6.45) is 3.36. The molecular weight excluding hydrogens is 242 g/mol. The minimum atomic E-state index is 0.448. The summed E-state index contributed by atoms with van der Waals surface area (Å²) in [6, 6.07) is 9.02. The number of nitrogens with zero attached hydrogens (tertiary/aromatic N) is 3. The zero-order valence-electron chi connectivity index (χ0n) is 8.09. The summed E-state index contributed by atoms with van der Waals surface area (Å²) in [7, 11) is 0. The second kappa shape index (κ2) is 4.97. The van der Waals surface area contributed by atoms with Crippen molar-refractivity contribution in [2.45, 2.75) is 10.1 Å². The highest BCUT2D eigenvalue weighted by Gasteiger charge is 2.03. The molecule has 0 spiro atoms. The second-order valence-electron chi connectivity index (χ2n) is 2.89. The third kappa shape index (κ3) is 2.51. The average Bonchev–Trinajstić information content (AvgIpc) is 2.31. The predicted octanol–water partition coefficient (Wildman–Crippen LogP) is 3.15. The predicted molar refractivity (Wildman–Crippen MR) is 62.3 cm³/mol. The van der Waals surface area contributed by atoms with Crippen LogP contribution < -0.4 is 0 Å². The fraction of sp³-hybridized carbons (Fsp3) is 0. The molecule has 2 rings (SSSR count). The molecule has 16 heavy (non-hydrogen) atoms. The van der Waals surface area contributed by atoms with Gasteiger partial charge in [0.15, 0.2) is 5.16 Å². The third-order valence-corrected chi connectivity index (χ3v) is 3.01. The van der Waals surface area contributed by atoms with Gasteiger partial charge in [-0.15, -0.1) is 0 Å². The molecule has 0 N–H and O–H groups in total. The van der Waals surface area contributed by atoms with Crippen molar-refractivity contribution in [3.05, 3.63) is 47.2 Å².